The summed E-state index contributed by atoms with van der Waals surface area (Å²) in [5.41, 5.74) is 13.8. The van der Waals surface area contributed by atoms with Crippen molar-refractivity contribution in [1.82, 2.24) is 4.57 Å². The fourth-order valence-electron chi connectivity index (χ4n) is 7.86. The molecule has 3 aliphatic rings. The number of amidine groups is 1. The molecule has 1 unspecified atom stereocenters. The Bertz CT molecular complexity index is 2280. The second-order valence-corrected chi connectivity index (χ2v) is 13.3. The highest BCUT2D eigenvalue weighted by Crippen LogP contribution is 2.53. The molecule has 0 spiro atoms. The van der Waals surface area contributed by atoms with Crippen LogP contribution < -0.4 is 0 Å². The molecule has 1 aromatic heterocycles. The molecular formula is C43H35N3. The molecule has 3 heteroatoms. The lowest BCUT2D eigenvalue weighted by molar-refractivity contribution is 0.655. The topological polar surface area (TPSA) is 29.6 Å². The van der Waals surface area contributed by atoms with Gasteiger partial charge in [0.25, 0.3) is 0 Å². The van der Waals surface area contributed by atoms with Crippen LogP contribution in [0.4, 0.5) is 0 Å². The Morgan fingerprint density at radius 3 is 2.20 bits per heavy atom. The van der Waals surface area contributed by atoms with Crippen LogP contribution in [0.3, 0.4) is 0 Å². The molecule has 0 N–H and O–H groups in total. The number of fused-ring (bicyclic) bond motifs is 6. The molecule has 5 aromatic carbocycles. The molecule has 0 saturated carbocycles. The van der Waals surface area contributed by atoms with Crippen LogP contribution in [0.1, 0.15) is 67.0 Å². The molecule has 9 rings (SSSR count). The number of benzene rings is 5. The third-order valence-corrected chi connectivity index (χ3v) is 10.2. The van der Waals surface area contributed by atoms with Crippen LogP contribution in [0.25, 0.3) is 33.1 Å². The van der Waals surface area contributed by atoms with Gasteiger partial charge in [0.15, 0.2) is 5.84 Å². The maximum Gasteiger partial charge on any atom is 0.155 e. The Kier molecular flexibility index (Phi) is 6.11. The number of aliphatic imine (C=N–C) groups is 2. The zero-order valence-electron chi connectivity index (χ0n) is 26.2. The van der Waals surface area contributed by atoms with Crippen molar-refractivity contribution in [2.75, 3.05) is 0 Å². The van der Waals surface area contributed by atoms with E-state index in [4.69, 9.17) is 9.98 Å². The summed E-state index contributed by atoms with van der Waals surface area (Å²) >= 11 is 0. The molecule has 6 aromatic rings. The van der Waals surface area contributed by atoms with E-state index in [2.05, 4.69) is 152 Å². The molecule has 3 nitrogen and oxygen atoms in total. The minimum absolute atomic E-state index is 0.0101. The van der Waals surface area contributed by atoms with E-state index in [-0.39, 0.29) is 11.5 Å². The molecule has 222 valence electrons. The first-order valence-corrected chi connectivity index (χ1v) is 16.4. The second-order valence-electron chi connectivity index (χ2n) is 13.3. The summed E-state index contributed by atoms with van der Waals surface area (Å²) in [5.74, 6) is 0.788. The first kappa shape index (κ1) is 27.1. The van der Waals surface area contributed by atoms with E-state index in [1.165, 1.54) is 49.6 Å². The van der Waals surface area contributed by atoms with Gasteiger partial charge in [0.1, 0.15) is 0 Å². The van der Waals surface area contributed by atoms with Gasteiger partial charge in [0.05, 0.1) is 22.8 Å². The van der Waals surface area contributed by atoms with Gasteiger partial charge in [0.2, 0.25) is 0 Å². The van der Waals surface area contributed by atoms with Crippen LogP contribution in [0.15, 0.2) is 149 Å². The van der Waals surface area contributed by atoms with Crippen molar-refractivity contribution < 1.29 is 0 Å². The lowest BCUT2D eigenvalue weighted by Crippen LogP contribution is -2.17. The van der Waals surface area contributed by atoms with E-state index in [0.29, 0.717) is 0 Å². The molecule has 46 heavy (non-hydrogen) atoms. The molecule has 2 aliphatic carbocycles. The van der Waals surface area contributed by atoms with Gasteiger partial charge >= 0.3 is 0 Å². The largest absolute Gasteiger partial charge is 0.309 e. The SMILES string of the molecule is CC1(C)C2=CCCC=C2c2cc3c4ccccc4n(-c4ccc(C5=NC(c6ccccc6)CC(c6ccccc6)=N5)cc4)c3cc21. The Morgan fingerprint density at radius 2 is 1.39 bits per heavy atom. The van der Waals surface area contributed by atoms with Gasteiger partial charge in [-0.1, -0.05) is 105 Å². The average molecular weight is 594 g/mol. The fourth-order valence-corrected chi connectivity index (χ4v) is 7.86. The predicted octanol–water partition coefficient (Wildman–Crippen LogP) is 10.6. The van der Waals surface area contributed by atoms with Gasteiger partial charge in [-0.15, -0.1) is 0 Å². The minimum atomic E-state index is -0.0101. The lowest BCUT2D eigenvalue weighted by Gasteiger charge is -2.23. The smallest absolute Gasteiger partial charge is 0.155 e. The summed E-state index contributed by atoms with van der Waals surface area (Å²) in [5, 5.41) is 2.59. The number of hydrogen-bond donors (Lipinski definition) is 0. The number of para-hydroxylation sites is 1. The number of nitrogens with zero attached hydrogens (tertiary/aromatic N) is 3. The van der Waals surface area contributed by atoms with Gasteiger partial charge < -0.3 is 4.57 Å². The van der Waals surface area contributed by atoms with Crippen LogP contribution >= 0.6 is 0 Å². The maximum absolute atomic E-state index is 5.19. The highest BCUT2D eigenvalue weighted by molar-refractivity contribution is 6.14. The maximum atomic E-state index is 5.19. The number of allylic oxidation sites excluding steroid dienone is 4. The molecule has 0 amide bonds. The highest BCUT2D eigenvalue weighted by atomic mass is 15.0. The standard InChI is InChI=1S/C43H35N3/c1-43(2)36-19-11-9-17-32(36)34-25-35-33-18-10-12-20-40(33)46(41(35)26-37(34)43)31-23-21-30(22-24-31)42-44-38(28-13-5-3-6-14-28)27-39(45-42)29-15-7-4-8-16-29/h3-8,10,12-26,38H,9,11,27H2,1-2H3. The third-order valence-electron chi connectivity index (χ3n) is 10.2. The molecule has 0 fully saturated rings. The molecular weight excluding hydrogens is 558 g/mol. The molecule has 0 saturated heterocycles. The first-order chi connectivity index (χ1) is 22.6. The molecule has 2 heterocycles. The van der Waals surface area contributed by atoms with Crippen LogP contribution in [0, 0.1) is 0 Å². The lowest BCUT2D eigenvalue weighted by atomic mass is 9.80. The van der Waals surface area contributed by atoms with Crippen molar-refractivity contribution in [1.29, 1.82) is 0 Å². The van der Waals surface area contributed by atoms with E-state index in [0.717, 1.165) is 47.6 Å². The van der Waals surface area contributed by atoms with Crippen molar-refractivity contribution in [2.24, 2.45) is 9.98 Å². The molecule has 1 aliphatic heterocycles. The van der Waals surface area contributed by atoms with Crippen LogP contribution in [0.2, 0.25) is 0 Å². The number of hydrogen-bond acceptors (Lipinski definition) is 2. The Labute approximate surface area is 270 Å². The summed E-state index contributed by atoms with van der Waals surface area (Å²) in [6.45, 7) is 4.77. The van der Waals surface area contributed by atoms with E-state index < -0.39 is 0 Å². The summed E-state index contributed by atoms with van der Waals surface area (Å²) in [7, 11) is 0. The zero-order chi connectivity index (χ0) is 30.8. The monoisotopic (exact) mass is 593 g/mol. The summed E-state index contributed by atoms with van der Waals surface area (Å²) in [6.07, 6.45) is 7.95. The van der Waals surface area contributed by atoms with Gasteiger partial charge in [0, 0.05) is 33.9 Å². The van der Waals surface area contributed by atoms with Gasteiger partial charge in [-0.05, 0) is 88.7 Å². The van der Waals surface area contributed by atoms with Crippen molar-refractivity contribution >= 4 is 38.9 Å². The van der Waals surface area contributed by atoms with Crippen molar-refractivity contribution in [3.05, 3.63) is 167 Å². The van der Waals surface area contributed by atoms with E-state index in [9.17, 15) is 0 Å². The Balaban J connectivity index is 1.17. The Hall–Kier alpha value is -5.28. The number of aromatic nitrogens is 1. The van der Waals surface area contributed by atoms with E-state index in [1.807, 2.05) is 0 Å². The third kappa shape index (κ3) is 4.19. The zero-order valence-corrected chi connectivity index (χ0v) is 26.2. The van der Waals surface area contributed by atoms with E-state index >= 15 is 0 Å². The van der Waals surface area contributed by atoms with Crippen molar-refractivity contribution in [2.45, 2.75) is 44.6 Å². The predicted molar refractivity (Wildman–Crippen MR) is 192 cm³/mol. The molecule has 0 bridgehead atoms. The Morgan fingerprint density at radius 1 is 0.674 bits per heavy atom. The summed E-state index contributed by atoms with van der Waals surface area (Å²) in [4.78, 5) is 10.3. The molecule has 0 radical (unpaired) electrons. The van der Waals surface area contributed by atoms with Crippen LogP contribution in [0.5, 0.6) is 0 Å². The second kappa shape index (κ2) is 10.4. The summed E-state index contributed by atoms with van der Waals surface area (Å²) in [6, 6.07) is 43.7. The van der Waals surface area contributed by atoms with Crippen molar-refractivity contribution in [3.8, 4) is 5.69 Å². The summed E-state index contributed by atoms with van der Waals surface area (Å²) < 4.78 is 2.43. The average Bonchev–Trinajstić information content (AvgIpc) is 3.56. The number of rotatable bonds is 4. The minimum Gasteiger partial charge on any atom is -0.309 e. The van der Waals surface area contributed by atoms with Crippen LogP contribution in [-0.2, 0) is 5.41 Å². The van der Waals surface area contributed by atoms with Gasteiger partial charge in [-0.3, -0.25) is 4.99 Å². The van der Waals surface area contributed by atoms with E-state index in [1.54, 1.807) is 0 Å². The van der Waals surface area contributed by atoms with Gasteiger partial charge in [-0.2, -0.15) is 0 Å². The van der Waals surface area contributed by atoms with Gasteiger partial charge in [-0.25, -0.2) is 4.99 Å². The fraction of sp³-hybridized carbons (Fsp3) is 0.163. The first-order valence-electron chi connectivity index (χ1n) is 16.4. The molecule has 1 atom stereocenters. The quantitative estimate of drug-likeness (QED) is 0.195. The normalized spacial score (nSPS) is 18.4. The van der Waals surface area contributed by atoms with Crippen molar-refractivity contribution in [3.63, 3.8) is 0 Å². The van der Waals surface area contributed by atoms with Crippen LogP contribution in [-0.4, -0.2) is 16.1 Å². The highest BCUT2D eigenvalue weighted by Gasteiger charge is 2.39.